The molecular weight excluding hydrogens is 136 g/mol. The molecule has 1 aliphatic heterocycles. The Bertz CT molecular complexity index is 80.8. The normalized spacial score (nSPS) is 25.1. The van der Waals surface area contributed by atoms with Gasteiger partial charge in [0.05, 0.1) is 0 Å². The average molecular weight is 158 g/mol. The molecule has 0 aliphatic carbocycles. The van der Waals surface area contributed by atoms with E-state index in [0.717, 1.165) is 6.04 Å². The summed E-state index contributed by atoms with van der Waals surface area (Å²) >= 11 is 0. The van der Waals surface area contributed by atoms with Crippen LogP contribution in [0.2, 0.25) is 0 Å². The van der Waals surface area contributed by atoms with E-state index in [0.29, 0.717) is 0 Å². The van der Waals surface area contributed by atoms with E-state index in [1.165, 1.54) is 19.4 Å². The highest BCUT2D eigenvalue weighted by Crippen LogP contribution is 2.12. The molecule has 68 valence electrons. The van der Waals surface area contributed by atoms with E-state index < -0.39 is 0 Å². The standard InChI is InChI=1S/C6H13N.C3H9N/c1-6-4-3-5-7(6)2;1-4(2)3/h6H,3-5H2,1-2H3;1-3H3. The van der Waals surface area contributed by atoms with Gasteiger partial charge in [-0.3, -0.25) is 0 Å². The summed E-state index contributed by atoms with van der Waals surface area (Å²) in [7, 11) is 8.19. The van der Waals surface area contributed by atoms with Crippen LogP contribution in [0.5, 0.6) is 0 Å². The van der Waals surface area contributed by atoms with Crippen molar-refractivity contribution in [2.24, 2.45) is 0 Å². The fourth-order valence-corrected chi connectivity index (χ4v) is 1.08. The van der Waals surface area contributed by atoms with Gasteiger partial charge in [0.15, 0.2) is 0 Å². The highest BCUT2D eigenvalue weighted by Gasteiger charge is 2.14. The van der Waals surface area contributed by atoms with Crippen LogP contribution in [0.1, 0.15) is 19.8 Å². The van der Waals surface area contributed by atoms with Gasteiger partial charge in [0.2, 0.25) is 0 Å². The number of hydrogen-bond donors (Lipinski definition) is 0. The summed E-state index contributed by atoms with van der Waals surface area (Å²) in [4.78, 5) is 4.40. The van der Waals surface area contributed by atoms with Gasteiger partial charge in [-0.2, -0.15) is 0 Å². The van der Waals surface area contributed by atoms with Crippen molar-refractivity contribution in [2.45, 2.75) is 25.8 Å². The molecule has 0 aromatic carbocycles. The number of likely N-dealkylation sites (tertiary alicyclic amines) is 1. The van der Waals surface area contributed by atoms with Crippen LogP contribution >= 0.6 is 0 Å². The van der Waals surface area contributed by atoms with Gasteiger partial charge in [-0.15, -0.1) is 0 Å². The molecule has 1 fully saturated rings. The quantitative estimate of drug-likeness (QED) is 0.524. The van der Waals surface area contributed by atoms with Gasteiger partial charge in [0, 0.05) is 6.04 Å². The molecule has 11 heavy (non-hydrogen) atoms. The predicted octanol–water partition coefficient (Wildman–Crippen LogP) is 1.28. The summed E-state index contributed by atoms with van der Waals surface area (Å²) in [6.45, 7) is 3.59. The minimum atomic E-state index is 0.847. The van der Waals surface area contributed by atoms with E-state index >= 15 is 0 Å². The molecular formula is C9H22N2. The third kappa shape index (κ3) is 6.32. The van der Waals surface area contributed by atoms with Crippen LogP contribution in [0.4, 0.5) is 0 Å². The zero-order chi connectivity index (χ0) is 8.85. The molecule has 1 saturated heterocycles. The molecule has 1 heterocycles. The predicted molar refractivity (Wildman–Crippen MR) is 50.9 cm³/mol. The van der Waals surface area contributed by atoms with Crippen LogP contribution in [0.3, 0.4) is 0 Å². The lowest BCUT2D eigenvalue weighted by Crippen LogP contribution is -2.20. The van der Waals surface area contributed by atoms with E-state index in [2.05, 4.69) is 18.9 Å². The maximum atomic E-state index is 2.40. The first kappa shape index (κ1) is 10.9. The molecule has 2 nitrogen and oxygen atoms in total. The number of rotatable bonds is 0. The molecule has 1 rings (SSSR count). The van der Waals surface area contributed by atoms with Crippen LogP contribution in [-0.4, -0.2) is 50.6 Å². The third-order valence-electron chi connectivity index (χ3n) is 1.89. The average Bonchev–Trinajstić information content (AvgIpc) is 2.15. The Kier molecular flexibility index (Phi) is 5.51. The summed E-state index contributed by atoms with van der Waals surface area (Å²) in [6.07, 6.45) is 2.80. The molecule has 0 spiro atoms. The minimum absolute atomic E-state index is 0.847. The Morgan fingerprint density at radius 1 is 1.27 bits per heavy atom. The van der Waals surface area contributed by atoms with Crippen molar-refractivity contribution in [1.82, 2.24) is 9.80 Å². The van der Waals surface area contributed by atoms with Gasteiger partial charge in [-0.1, -0.05) is 0 Å². The zero-order valence-electron chi connectivity index (χ0n) is 8.59. The van der Waals surface area contributed by atoms with E-state index in [1.807, 2.05) is 26.0 Å². The lowest BCUT2D eigenvalue weighted by Gasteiger charge is -2.12. The van der Waals surface area contributed by atoms with Crippen molar-refractivity contribution in [3.05, 3.63) is 0 Å². The van der Waals surface area contributed by atoms with Gasteiger partial charge >= 0.3 is 0 Å². The summed E-state index contributed by atoms with van der Waals surface area (Å²) < 4.78 is 0. The molecule has 0 aromatic heterocycles. The van der Waals surface area contributed by atoms with Gasteiger partial charge < -0.3 is 9.80 Å². The Balaban J connectivity index is 0.000000218. The van der Waals surface area contributed by atoms with Crippen molar-refractivity contribution in [3.8, 4) is 0 Å². The number of nitrogens with zero attached hydrogens (tertiary/aromatic N) is 2. The van der Waals surface area contributed by atoms with E-state index in [1.54, 1.807) is 0 Å². The number of hydrogen-bond acceptors (Lipinski definition) is 2. The monoisotopic (exact) mass is 158 g/mol. The van der Waals surface area contributed by atoms with Gasteiger partial charge in [0.25, 0.3) is 0 Å². The van der Waals surface area contributed by atoms with Crippen LogP contribution in [-0.2, 0) is 0 Å². The highest BCUT2D eigenvalue weighted by atomic mass is 15.1. The second kappa shape index (κ2) is 5.56. The first-order chi connectivity index (χ1) is 5.04. The summed E-state index contributed by atoms with van der Waals surface area (Å²) in [5.74, 6) is 0. The maximum Gasteiger partial charge on any atom is 0.00643 e. The van der Waals surface area contributed by atoms with Gasteiger partial charge in [-0.25, -0.2) is 0 Å². The lowest BCUT2D eigenvalue weighted by molar-refractivity contribution is 0.331. The molecule has 0 aromatic rings. The SMILES string of the molecule is CC1CCCN1C.CN(C)C. The second-order valence-electron chi connectivity index (χ2n) is 3.81. The molecule has 0 saturated carbocycles. The second-order valence-corrected chi connectivity index (χ2v) is 3.81. The largest absolute Gasteiger partial charge is 0.312 e. The van der Waals surface area contributed by atoms with Crippen molar-refractivity contribution in [2.75, 3.05) is 34.7 Å². The molecule has 0 N–H and O–H groups in total. The van der Waals surface area contributed by atoms with Crippen LogP contribution in [0.25, 0.3) is 0 Å². The maximum absolute atomic E-state index is 2.40. The third-order valence-corrected chi connectivity index (χ3v) is 1.89. The molecule has 1 aliphatic rings. The fraction of sp³-hybridized carbons (Fsp3) is 1.00. The minimum Gasteiger partial charge on any atom is -0.312 e. The van der Waals surface area contributed by atoms with Crippen LogP contribution in [0, 0.1) is 0 Å². The van der Waals surface area contributed by atoms with Gasteiger partial charge in [-0.05, 0) is 54.5 Å². The topological polar surface area (TPSA) is 6.48 Å². The van der Waals surface area contributed by atoms with Crippen molar-refractivity contribution in [3.63, 3.8) is 0 Å². The van der Waals surface area contributed by atoms with Crippen molar-refractivity contribution in [1.29, 1.82) is 0 Å². The molecule has 1 atom stereocenters. The molecule has 1 unspecified atom stereocenters. The highest BCUT2D eigenvalue weighted by molar-refractivity contribution is 4.70. The molecule has 0 bridgehead atoms. The Hall–Kier alpha value is -0.0800. The lowest BCUT2D eigenvalue weighted by atomic mass is 10.3. The summed E-state index contributed by atoms with van der Waals surface area (Å²) in [6, 6.07) is 0.847. The van der Waals surface area contributed by atoms with Crippen LogP contribution in [0.15, 0.2) is 0 Å². The summed E-state index contributed by atoms with van der Waals surface area (Å²) in [5, 5.41) is 0. The molecule has 2 heteroatoms. The van der Waals surface area contributed by atoms with E-state index in [4.69, 9.17) is 0 Å². The molecule has 0 radical (unpaired) electrons. The van der Waals surface area contributed by atoms with Crippen molar-refractivity contribution < 1.29 is 0 Å². The Morgan fingerprint density at radius 2 is 1.73 bits per heavy atom. The van der Waals surface area contributed by atoms with E-state index in [-0.39, 0.29) is 0 Å². The smallest absolute Gasteiger partial charge is 0.00643 e. The fourth-order valence-electron chi connectivity index (χ4n) is 1.08. The Morgan fingerprint density at radius 3 is 1.82 bits per heavy atom. The van der Waals surface area contributed by atoms with Crippen molar-refractivity contribution >= 4 is 0 Å². The zero-order valence-corrected chi connectivity index (χ0v) is 8.59. The first-order valence-electron chi connectivity index (χ1n) is 4.35. The van der Waals surface area contributed by atoms with Crippen LogP contribution < -0.4 is 0 Å². The molecule has 0 amide bonds. The Labute approximate surface area is 71.2 Å². The van der Waals surface area contributed by atoms with E-state index in [9.17, 15) is 0 Å². The summed E-state index contributed by atoms with van der Waals surface area (Å²) in [5.41, 5.74) is 0. The first-order valence-corrected chi connectivity index (χ1v) is 4.35. The van der Waals surface area contributed by atoms with Gasteiger partial charge in [0.1, 0.15) is 0 Å².